The highest BCUT2D eigenvalue weighted by Gasteiger charge is 2.30. The standard InChI is InChI=1S/C22H36N2O2/c1-23-15-9-7-5-3-2-4-6-8-11-19-13-14-20(23)18-24(17-19)22(25)21-12-10-16-26-21/h10,12,16,19-20H,2-9,11,13-15,17-18H2,1H3. The Morgan fingerprint density at radius 3 is 2.42 bits per heavy atom. The van der Waals surface area contributed by atoms with Crippen LogP contribution in [0.2, 0.25) is 0 Å². The molecule has 0 radical (unpaired) electrons. The van der Waals surface area contributed by atoms with Crippen molar-refractivity contribution in [3.8, 4) is 0 Å². The van der Waals surface area contributed by atoms with Gasteiger partial charge in [0.05, 0.1) is 6.26 Å². The fourth-order valence-electron chi connectivity index (χ4n) is 4.61. The topological polar surface area (TPSA) is 36.7 Å². The van der Waals surface area contributed by atoms with Crippen LogP contribution in [0.5, 0.6) is 0 Å². The molecule has 4 nitrogen and oxygen atoms in total. The van der Waals surface area contributed by atoms with Gasteiger partial charge in [-0.15, -0.1) is 0 Å². The number of rotatable bonds is 1. The highest BCUT2D eigenvalue weighted by molar-refractivity contribution is 5.91. The number of likely N-dealkylation sites (tertiary alicyclic amines) is 1. The van der Waals surface area contributed by atoms with Crippen molar-refractivity contribution in [2.45, 2.75) is 76.7 Å². The molecular weight excluding hydrogens is 324 g/mol. The van der Waals surface area contributed by atoms with Gasteiger partial charge in [-0.1, -0.05) is 44.9 Å². The molecule has 1 aromatic heterocycles. The number of hydrogen-bond donors (Lipinski definition) is 0. The summed E-state index contributed by atoms with van der Waals surface area (Å²) in [5, 5.41) is 0. The van der Waals surface area contributed by atoms with Crippen molar-refractivity contribution in [3.63, 3.8) is 0 Å². The maximum absolute atomic E-state index is 12.9. The summed E-state index contributed by atoms with van der Waals surface area (Å²) < 4.78 is 5.40. The first-order valence-electron chi connectivity index (χ1n) is 10.8. The summed E-state index contributed by atoms with van der Waals surface area (Å²) in [6.45, 7) is 2.88. The lowest BCUT2D eigenvalue weighted by atomic mass is 9.95. The molecule has 2 bridgehead atoms. The van der Waals surface area contributed by atoms with Gasteiger partial charge in [-0.3, -0.25) is 4.79 Å². The minimum absolute atomic E-state index is 0.0708. The fourth-order valence-corrected chi connectivity index (χ4v) is 4.61. The van der Waals surface area contributed by atoms with Crippen LogP contribution in [-0.4, -0.2) is 48.4 Å². The lowest BCUT2D eigenvalue weighted by Gasteiger charge is -2.31. The van der Waals surface area contributed by atoms with Crippen LogP contribution in [0, 0.1) is 5.92 Å². The van der Waals surface area contributed by atoms with Gasteiger partial charge in [0.1, 0.15) is 0 Å². The molecule has 3 rings (SSSR count). The smallest absolute Gasteiger partial charge is 0.289 e. The maximum Gasteiger partial charge on any atom is 0.289 e. The lowest BCUT2D eigenvalue weighted by molar-refractivity contribution is 0.0663. The van der Waals surface area contributed by atoms with Gasteiger partial charge < -0.3 is 14.2 Å². The van der Waals surface area contributed by atoms with Gasteiger partial charge in [-0.2, -0.15) is 0 Å². The van der Waals surface area contributed by atoms with Crippen LogP contribution in [-0.2, 0) is 0 Å². The number of likely N-dealkylation sites (N-methyl/N-ethyl adjacent to an activating group) is 1. The molecule has 2 atom stereocenters. The Balaban J connectivity index is 1.70. The molecule has 1 amide bonds. The van der Waals surface area contributed by atoms with Crippen molar-refractivity contribution in [1.29, 1.82) is 0 Å². The molecule has 146 valence electrons. The summed E-state index contributed by atoms with van der Waals surface area (Å²) in [7, 11) is 2.25. The predicted molar refractivity (Wildman–Crippen MR) is 105 cm³/mol. The fraction of sp³-hybridized carbons (Fsp3) is 0.773. The van der Waals surface area contributed by atoms with Crippen LogP contribution in [0.25, 0.3) is 0 Å². The second kappa shape index (κ2) is 10.1. The van der Waals surface area contributed by atoms with Gasteiger partial charge in [0.2, 0.25) is 0 Å². The normalized spacial score (nSPS) is 27.5. The third kappa shape index (κ3) is 5.60. The molecule has 2 aliphatic heterocycles. The summed E-state index contributed by atoms with van der Waals surface area (Å²) in [6.07, 6.45) is 16.2. The van der Waals surface area contributed by atoms with Crippen LogP contribution in [0.4, 0.5) is 0 Å². The van der Waals surface area contributed by atoms with Crippen LogP contribution < -0.4 is 0 Å². The molecule has 0 aliphatic carbocycles. The zero-order valence-electron chi connectivity index (χ0n) is 16.5. The number of hydrogen-bond acceptors (Lipinski definition) is 3. The Bertz CT molecular complexity index is 528. The lowest BCUT2D eigenvalue weighted by Crippen LogP contribution is -2.44. The first-order chi connectivity index (χ1) is 12.7. The number of carbonyl (C=O) groups excluding carboxylic acids is 1. The van der Waals surface area contributed by atoms with Crippen molar-refractivity contribution in [2.24, 2.45) is 5.92 Å². The molecule has 1 aromatic rings. The Hall–Kier alpha value is -1.29. The zero-order chi connectivity index (χ0) is 18.2. The van der Waals surface area contributed by atoms with Crippen LogP contribution in [0.15, 0.2) is 22.8 Å². The van der Waals surface area contributed by atoms with E-state index in [9.17, 15) is 4.79 Å². The number of carbonyl (C=O) groups is 1. The second-order valence-electron chi connectivity index (χ2n) is 8.38. The van der Waals surface area contributed by atoms with Gasteiger partial charge in [0.25, 0.3) is 5.91 Å². The summed E-state index contributed by atoms with van der Waals surface area (Å²) in [6, 6.07) is 4.08. The SMILES string of the molecule is CN1CCCCCCCCCCC2CCC1CN(C(=O)c1ccco1)C2. The third-order valence-corrected chi connectivity index (χ3v) is 6.33. The molecule has 26 heavy (non-hydrogen) atoms. The highest BCUT2D eigenvalue weighted by atomic mass is 16.3. The van der Waals surface area contributed by atoms with Crippen LogP contribution >= 0.6 is 0 Å². The Morgan fingerprint density at radius 2 is 1.69 bits per heavy atom. The van der Waals surface area contributed by atoms with Crippen molar-refractivity contribution in [1.82, 2.24) is 9.80 Å². The van der Waals surface area contributed by atoms with E-state index in [1.807, 2.05) is 6.07 Å². The van der Waals surface area contributed by atoms with Crippen molar-refractivity contribution >= 4 is 5.91 Å². The van der Waals surface area contributed by atoms with Gasteiger partial charge in [-0.25, -0.2) is 0 Å². The monoisotopic (exact) mass is 360 g/mol. The van der Waals surface area contributed by atoms with Gasteiger partial charge in [0, 0.05) is 19.1 Å². The largest absolute Gasteiger partial charge is 0.459 e. The molecule has 2 unspecified atom stereocenters. The summed E-state index contributed by atoms with van der Waals surface area (Å²) in [5.74, 6) is 1.19. The minimum atomic E-state index is 0.0708. The molecule has 0 saturated carbocycles. The van der Waals surface area contributed by atoms with Gasteiger partial charge in [-0.05, 0) is 57.3 Å². The summed E-state index contributed by atoms with van der Waals surface area (Å²) in [5.41, 5.74) is 0. The molecule has 0 spiro atoms. The van der Waals surface area contributed by atoms with E-state index in [1.54, 1.807) is 12.3 Å². The Kier molecular flexibility index (Phi) is 7.60. The molecule has 2 aliphatic rings. The Labute approximate surface area is 158 Å². The van der Waals surface area contributed by atoms with E-state index in [0.29, 0.717) is 17.7 Å². The average Bonchev–Trinajstić information content (AvgIpc) is 3.09. The first kappa shape index (κ1) is 19.5. The summed E-state index contributed by atoms with van der Waals surface area (Å²) in [4.78, 5) is 17.5. The van der Waals surface area contributed by atoms with Gasteiger partial charge >= 0.3 is 0 Å². The van der Waals surface area contributed by atoms with E-state index < -0.39 is 0 Å². The van der Waals surface area contributed by atoms with Crippen LogP contribution in [0.3, 0.4) is 0 Å². The summed E-state index contributed by atoms with van der Waals surface area (Å²) >= 11 is 0. The zero-order valence-corrected chi connectivity index (χ0v) is 16.5. The minimum Gasteiger partial charge on any atom is -0.459 e. The Morgan fingerprint density at radius 1 is 0.962 bits per heavy atom. The number of fused-ring (bicyclic) bond motifs is 3. The van der Waals surface area contributed by atoms with E-state index in [1.165, 1.54) is 70.6 Å². The first-order valence-corrected chi connectivity index (χ1v) is 10.8. The van der Waals surface area contributed by atoms with E-state index in [0.717, 1.165) is 19.6 Å². The molecular formula is C22H36N2O2. The van der Waals surface area contributed by atoms with Crippen LogP contribution in [0.1, 0.15) is 81.2 Å². The molecule has 2 fully saturated rings. The molecule has 3 heterocycles. The number of amides is 1. The highest BCUT2D eigenvalue weighted by Crippen LogP contribution is 2.26. The number of nitrogens with zero attached hydrogens (tertiary/aromatic N) is 2. The second-order valence-corrected chi connectivity index (χ2v) is 8.38. The molecule has 2 saturated heterocycles. The van der Waals surface area contributed by atoms with E-state index >= 15 is 0 Å². The van der Waals surface area contributed by atoms with E-state index in [-0.39, 0.29) is 5.91 Å². The van der Waals surface area contributed by atoms with Gasteiger partial charge in [0.15, 0.2) is 5.76 Å². The molecule has 0 aromatic carbocycles. The maximum atomic E-state index is 12.9. The van der Waals surface area contributed by atoms with Crippen molar-refractivity contribution < 1.29 is 9.21 Å². The average molecular weight is 361 g/mol. The predicted octanol–water partition coefficient (Wildman–Crippen LogP) is 4.96. The van der Waals surface area contributed by atoms with E-state index in [4.69, 9.17) is 4.42 Å². The quantitative estimate of drug-likeness (QED) is 0.710. The van der Waals surface area contributed by atoms with Crippen molar-refractivity contribution in [3.05, 3.63) is 24.2 Å². The third-order valence-electron chi connectivity index (χ3n) is 6.33. The molecule has 4 heteroatoms. The van der Waals surface area contributed by atoms with E-state index in [2.05, 4.69) is 16.8 Å². The van der Waals surface area contributed by atoms with Crippen molar-refractivity contribution in [2.75, 3.05) is 26.7 Å². The number of furan rings is 1. The molecule has 0 N–H and O–H groups in total.